The highest BCUT2D eigenvalue weighted by Crippen LogP contribution is 1.83. The second-order valence-corrected chi connectivity index (χ2v) is 1.94. The van der Waals surface area contributed by atoms with Crippen LogP contribution in [0, 0.1) is 0 Å². The highest BCUT2D eigenvalue weighted by Gasteiger charge is 1.96. The van der Waals surface area contributed by atoms with Crippen molar-refractivity contribution in [3.8, 4) is 0 Å². The summed E-state index contributed by atoms with van der Waals surface area (Å²) in [5, 5.41) is 2.64. The van der Waals surface area contributed by atoms with Crippen molar-refractivity contribution in [3.05, 3.63) is 0 Å². The summed E-state index contributed by atoms with van der Waals surface area (Å²) in [6, 6.07) is 0.250. The van der Waals surface area contributed by atoms with Crippen LogP contribution in [0.3, 0.4) is 0 Å². The van der Waals surface area contributed by atoms with Crippen LogP contribution in [0.2, 0.25) is 0 Å². The van der Waals surface area contributed by atoms with Gasteiger partial charge in [-0.2, -0.15) is 0 Å². The molecule has 0 aliphatic carbocycles. The van der Waals surface area contributed by atoms with Crippen LogP contribution < -0.4 is 5.32 Å². The van der Waals surface area contributed by atoms with E-state index in [1.165, 1.54) is 6.92 Å². The zero-order chi connectivity index (χ0) is 5.86. The fourth-order valence-corrected chi connectivity index (χ4v) is 0.459. The SMILES string of the molecule is CC(C)NC(C)F. The molecule has 0 amide bonds. The Labute approximate surface area is 43.9 Å². The predicted octanol–water partition coefficient (Wildman–Crippen LogP) is 1.30. The van der Waals surface area contributed by atoms with E-state index in [9.17, 15) is 4.39 Å². The van der Waals surface area contributed by atoms with Crippen LogP contribution in [-0.4, -0.2) is 12.3 Å². The Bertz CT molecular complexity index is 37.3. The van der Waals surface area contributed by atoms with Gasteiger partial charge < -0.3 is 0 Å². The zero-order valence-electron chi connectivity index (χ0n) is 5.03. The molecule has 0 spiro atoms. The van der Waals surface area contributed by atoms with Crippen molar-refractivity contribution in [2.45, 2.75) is 33.1 Å². The molecule has 0 saturated heterocycles. The molecule has 0 rings (SSSR count). The summed E-state index contributed by atoms with van der Waals surface area (Å²) in [5.41, 5.74) is 0. The summed E-state index contributed by atoms with van der Waals surface area (Å²) in [4.78, 5) is 0. The second kappa shape index (κ2) is 2.97. The van der Waals surface area contributed by atoms with Gasteiger partial charge in [0.25, 0.3) is 0 Å². The van der Waals surface area contributed by atoms with Crippen LogP contribution in [0.4, 0.5) is 4.39 Å². The average molecular weight is 105 g/mol. The van der Waals surface area contributed by atoms with Gasteiger partial charge in [-0.1, -0.05) is 0 Å². The predicted molar refractivity (Wildman–Crippen MR) is 28.8 cm³/mol. The maximum absolute atomic E-state index is 11.8. The smallest absolute Gasteiger partial charge is 0.148 e. The maximum atomic E-state index is 11.8. The van der Waals surface area contributed by atoms with E-state index in [1.807, 2.05) is 13.8 Å². The van der Waals surface area contributed by atoms with Crippen molar-refractivity contribution in [1.82, 2.24) is 5.32 Å². The molecule has 0 bridgehead atoms. The van der Waals surface area contributed by atoms with Crippen molar-refractivity contribution in [2.24, 2.45) is 0 Å². The molecular weight excluding hydrogens is 93.1 g/mol. The molecule has 1 nitrogen and oxygen atoms in total. The Morgan fingerprint density at radius 2 is 1.71 bits per heavy atom. The molecule has 44 valence electrons. The van der Waals surface area contributed by atoms with Gasteiger partial charge in [0.05, 0.1) is 0 Å². The fourth-order valence-electron chi connectivity index (χ4n) is 0.459. The van der Waals surface area contributed by atoms with Gasteiger partial charge in [-0.25, -0.2) is 4.39 Å². The van der Waals surface area contributed by atoms with E-state index in [2.05, 4.69) is 5.32 Å². The van der Waals surface area contributed by atoms with Crippen molar-refractivity contribution < 1.29 is 4.39 Å². The molecule has 0 fully saturated rings. The Hall–Kier alpha value is -0.110. The monoisotopic (exact) mass is 105 g/mol. The third-order valence-electron chi connectivity index (χ3n) is 0.563. The van der Waals surface area contributed by atoms with E-state index in [0.717, 1.165) is 0 Å². The molecule has 0 saturated carbocycles. The molecule has 1 atom stereocenters. The van der Waals surface area contributed by atoms with E-state index < -0.39 is 6.30 Å². The molecule has 0 aromatic heterocycles. The summed E-state index contributed by atoms with van der Waals surface area (Å²) < 4.78 is 11.8. The number of alkyl halides is 1. The molecule has 2 heteroatoms. The van der Waals surface area contributed by atoms with Gasteiger partial charge in [0.1, 0.15) is 6.30 Å². The topological polar surface area (TPSA) is 12.0 Å². The van der Waals surface area contributed by atoms with Crippen LogP contribution in [0.15, 0.2) is 0 Å². The second-order valence-electron chi connectivity index (χ2n) is 1.94. The molecular formula is C5H12FN. The molecule has 0 aromatic carbocycles. The van der Waals surface area contributed by atoms with E-state index in [1.54, 1.807) is 0 Å². The lowest BCUT2D eigenvalue weighted by atomic mass is 10.4. The lowest BCUT2D eigenvalue weighted by molar-refractivity contribution is 0.279. The quantitative estimate of drug-likeness (QED) is 0.522. The molecule has 0 radical (unpaired) electrons. The summed E-state index contributed by atoms with van der Waals surface area (Å²) in [7, 11) is 0. The van der Waals surface area contributed by atoms with Crippen molar-refractivity contribution >= 4 is 0 Å². The highest BCUT2D eigenvalue weighted by atomic mass is 19.1. The van der Waals surface area contributed by atoms with Gasteiger partial charge >= 0.3 is 0 Å². The molecule has 0 aliphatic rings. The first kappa shape index (κ1) is 6.89. The van der Waals surface area contributed by atoms with Crippen LogP contribution in [0.1, 0.15) is 20.8 Å². The third kappa shape index (κ3) is 5.89. The fraction of sp³-hybridized carbons (Fsp3) is 1.00. The minimum atomic E-state index is -0.875. The Morgan fingerprint density at radius 1 is 1.29 bits per heavy atom. The van der Waals surface area contributed by atoms with E-state index >= 15 is 0 Å². The number of hydrogen-bond acceptors (Lipinski definition) is 1. The molecule has 1 unspecified atom stereocenters. The number of rotatable bonds is 2. The number of halogens is 1. The number of hydrogen-bond donors (Lipinski definition) is 1. The van der Waals surface area contributed by atoms with Crippen molar-refractivity contribution in [3.63, 3.8) is 0 Å². The van der Waals surface area contributed by atoms with Gasteiger partial charge in [0, 0.05) is 6.04 Å². The molecule has 7 heavy (non-hydrogen) atoms. The lowest BCUT2D eigenvalue weighted by Gasteiger charge is -2.06. The van der Waals surface area contributed by atoms with E-state index in [-0.39, 0.29) is 6.04 Å². The van der Waals surface area contributed by atoms with Crippen LogP contribution in [-0.2, 0) is 0 Å². The van der Waals surface area contributed by atoms with Crippen molar-refractivity contribution in [1.29, 1.82) is 0 Å². The molecule has 1 N–H and O–H groups in total. The highest BCUT2D eigenvalue weighted by molar-refractivity contribution is 4.50. The van der Waals surface area contributed by atoms with Gasteiger partial charge in [-0.05, 0) is 20.8 Å². The molecule has 0 aromatic rings. The standard InChI is InChI=1S/C5H12FN/c1-4(2)7-5(3)6/h4-5,7H,1-3H3. The first-order chi connectivity index (χ1) is 3.13. The van der Waals surface area contributed by atoms with Crippen LogP contribution >= 0.6 is 0 Å². The molecule has 0 heterocycles. The van der Waals surface area contributed by atoms with E-state index in [4.69, 9.17) is 0 Å². The first-order valence-corrected chi connectivity index (χ1v) is 2.53. The van der Waals surface area contributed by atoms with Gasteiger partial charge in [0.2, 0.25) is 0 Å². The summed E-state index contributed by atoms with van der Waals surface area (Å²) in [5.74, 6) is 0. The number of nitrogens with one attached hydrogen (secondary N) is 1. The first-order valence-electron chi connectivity index (χ1n) is 2.53. The normalized spacial score (nSPS) is 15.0. The molecule has 0 aliphatic heterocycles. The third-order valence-corrected chi connectivity index (χ3v) is 0.563. The van der Waals surface area contributed by atoms with Gasteiger partial charge in [0.15, 0.2) is 0 Å². The Kier molecular flexibility index (Phi) is 2.92. The minimum absolute atomic E-state index is 0.250. The average Bonchev–Trinajstić information content (AvgIpc) is 1.27. The Balaban J connectivity index is 2.95. The summed E-state index contributed by atoms with van der Waals surface area (Å²) in [6.07, 6.45) is -0.875. The minimum Gasteiger partial charge on any atom is -0.286 e. The Morgan fingerprint density at radius 3 is 1.71 bits per heavy atom. The van der Waals surface area contributed by atoms with Gasteiger partial charge in [-0.15, -0.1) is 0 Å². The van der Waals surface area contributed by atoms with E-state index in [0.29, 0.717) is 0 Å². The summed E-state index contributed by atoms with van der Waals surface area (Å²) in [6.45, 7) is 5.31. The van der Waals surface area contributed by atoms with Gasteiger partial charge in [-0.3, -0.25) is 5.32 Å². The van der Waals surface area contributed by atoms with Crippen LogP contribution in [0.25, 0.3) is 0 Å². The lowest BCUT2D eigenvalue weighted by Crippen LogP contribution is -2.28. The zero-order valence-corrected chi connectivity index (χ0v) is 5.03. The largest absolute Gasteiger partial charge is 0.286 e. The van der Waals surface area contributed by atoms with Crippen molar-refractivity contribution in [2.75, 3.05) is 0 Å². The van der Waals surface area contributed by atoms with Crippen LogP contribution in [0.5, 0.6) is 0 Å². The maximum Gasteiger partial charge on any atom is 0.148 e. The summed E-state index contributed by atoms with van der Waals surface area (Å²) >= 11 is 0.